The highest BCUT2D eigenvalue weighted by Crippen LogP contribution is 2.35. The van der Waals surface area contributed by atoms with Crippen LogP contribution in [0.1, 0.15) is 11.1 Å². The molecule has 0 atom stereocenters. The number of halogens is 1. The number of hydrogen-bond acceptors (Lipinski definition) is 4. The van der Waals surface area contributed by atoms with E-state index >= 15 is 0 Å². The first-order chi connectivity index (χ1) is 11.0. The van der Waals surface area contributed by atoms with E-state index in [1.54, 1.807) is 6.07 Å². The Labute approximate surface area is 133 Å². The predicted molar refractivity (Wildman–Crippen MR) is 82.4 cm³/mol. The molecule has 0 unspecified atom stereocenters. The number of benzene rings is 2. The number of ether oxygens (including phenoxy) is 1. The summed E-state index contributed by atoms with van der Waals surface area (Å²) in [5.41, 5.74) is 1.50. The van der Waals surface area contributed by atoms with Gasteiger partial charge in [0, 0.05) is 6.54 Å². The van der Waals surface area contributed by atoms with E-state index in [1.807, 2.05) is 30.3 Å². The normalized spacial score (nSPS) is 13.7. The molecular formula is C16H14FNO4S. The van der Waals surface area contributed by atoms with E-state index in [9.17, 15) is 17.1 Å². The molecule has 0 fully saturated rings. The molecule has 1 aliphatic heterocycles. The van der Waals surface area contributed by atoms with Crippen molar-refractivity contribution in [2.75, 3.05) is 11.4 Å². The number of rotatable bonds is 3. The van der Waals surface area contributed by atoms with Gasteiger partial charge in [0.25, 0.3) is 0 Å². The summed E-state index contributed by atoms with van der Waals surface area (Å²) in [6.07, 6.45) is -0.234. The lowest BCUT2D eigenvalue weighted by atomic mass is 10.2. The molecule has 5 nitrogen and oxygen atoms in total. The predicted octanol–water partition coefficient (Wildman–Crippen LogP) is 3.04. The van der Waals surface area contributed by atoms with E-state index in [0.717, 1.165) is 11.6 Å². The molecule has 0 saturated heterocycles. The molecule has 23 heavy (non-hydrogen) atoms. The largest absolute Gasteiger partial charge is 0.444 e. The monoisotopic (exact) mass is 335 g/mol. The minimum Gasteiger partial charge on any atom is -0.444 e. The summed E-state index contributed by atoms with van der Waals surface area (Å²) in [4.78, 5) is 12.9. The standard InChI is InChI=1S/C16H14FNO4S/c17-23(20,21)14-8-4-7-13-9-10-18(15(13)14)16(19)22-11-12-5-2-1-3-6-12/h1-8H,9-11H2. The Balaban J connectivity index is 1.83. The number of anilines is 1. The summed E-state index contributed by atoms with van der Waals surface area (Å²) in [5.74, 6) is 0. The summed E-state index contributed by atoms with van der Waals surface area (Å²) in [5, 5.41) is 0. The number of para-hydroxylation sites is 1. The fourth-order valence-corrected chi connectivity index (χ4v) is 3.31. The Bertz CT molecular complexity index is 836. The van der Waals surface area contributed by atoms with Crippen LogP contribution in [0.5, 0.6) is 0 Å². The van der Waals surface area contributed by atoms with Crippen molar-refractivity contribution in [1.29, 1.82) is 0 Å². The third-order valence-corrected chi connectivity index (χ3v) is 4.50. The van der Waals surface area contributed by atoms with Crippen LogP contribution in [0.2, 0.25) is 0 Å². The lowest BCUT2D eigenvalue weighted by Gasteiger charge is -2.18. The lowest BCUT2D eigenvalue weighted by Crippen LogP contribution is -2.30. The first-order valence-electron chi connectivity index (χ1n) is 7.01. The van der Waals surface area contributed by atoms with Crippen LogP contribution in [0.25, 0.3) is 0 Å². The van der Waals surface area contributed by atoms with Gasteiger partial charge in [-0.25, -0.2) is 4.79 Å². The van der Waals surface area contributed by atoms with Crippen LogP contribution in [0.4, 0.5) is 14.4 Å². The van der Waals surface area contributed by atoms with Gasteiger partial charge in [-0.1, -0.05) is 42.5 Å². The summed E-state index contributed by atoms with van der Waals surface area (Å²) < 4.78 is 41.3. The van der Waals surface area contributed by atoms with Gasteiger partial charge in [-0.3, -0.25) is 4.90 Å². The van der Waals surface area contributed by atoms with Crippen molar-refractivity contribution in [2.24, 2.45) is 0 Å². The van der Waals surface area contributed by atoms with Crippen LogP contribution in [0, 0.1) is 0 Å². The maximum atomic E-state index is 13.5. The smallest absolute Gasteiger partial charge is 0.414 e. The van der Waals surface area contributed by atoms with Crippen molar-refractivity contribution in [3.8, 4) is 0 Å². The van der Waals surface area contributed by atoms with Crippen LogP contribution < -0.4 is 4.90 Å². The third-order valence-electron chi connectivity index (χ3n) is 3.65. The molecule has 1 heterocycles. The van der Waals surface area contributed by atoms with Crippen molar-refractivity contribution in [1.82, 2.24) is 0 Å². The highest BCUT2D eigenvalue weighted by Gasteiger charge is 2.32. The fraction of sp³-hybridized carbons (Fsp3) is 0.188. The van der Waals surface area contributed by atoms with Crippen molar-refractivity contribution >= 4 is 22.0 Å². The van der Waals surface area contributed by atoms with Gasteiger partial charge < -0.3 is 4.74 Å². The van der Waals surface area contributed by atoms with Crippen molar-refractivity contribution in [2.45, 2.75) is 17.9 Å². The van der Waals surface area contributed by atoms with Gasteiger partial charge in [0.15, 0.2) is 0 Å². The maximum Gasteiger partial charge on any atom is 0.414 e. The summed E-state index contributed by atoms with van der Waals surface area (Å²) in [6, 6.07) is 13.4. The maximum absolute atomic E-state index is 13.5. The Morgan fingerprint density at radius 1 is 1.13 bits per heavy atom. The zero-order valence-corrected chi connectivity index (χ0v) is 12.9. The first kappa shape index (κ1) is 15.5. The van der Waals surface area contributed by atoms with Crippen LogP contribution in [-0.2, 0) is 28.0 Å². The summed E-state index contributed by atoms with van der Waals surface area (Å²) in [7, 11) is -4.91. The highest BCUT2D eigenvalue weighted by atomic mass is 32.3. The van der Waals surface area contributed by atoms with Gasteiger partial charge in [0.2, 0.25) is 0 Å². The number of carbonyl (C=O) groups is 1. The van der Waals surface area contributed by atoms with E-state index in [0.29, 0.717) is 12.0 Å². The Morgan fingerprint density at radius 2 is 1.87 bits per heavy atom. The van der Waals surface area contributed by atoms with E-state index in [-0.39, 0.29) is 18.8 Å². The molecule has 0 saturated carbocycles. The molecule has 0 radical (unpaired) electrons. The quantitative estimate of drug-likeness (QED) is 0.809. The number of fused-ring (bicyclic) bond motifs is 1. The molecule has 0 spiro atoms. The Morgan fingerprint density at radius 3 is 2.57 bits per heavy atom. The molecule has 0 aliphatic carbocycles. The van der Waals surface area contributed by atoms with Gasteiger partial charge in [0.05, 0.1) is 5.69 Å². The second-order valence-corrected chi connectivity index (χ2v) is 6.46. The van der Waals surface area contributed by atoms with E-state index in [2.05, 4.69) is 0 Å². The number of amides is 1. The van der Waals surface area contributed by atoms with Gasteiger partial charge in [-0.15, -0.1) is 3.89 Å². The molecule has 120 valence electrons. The average molecular weight is 335 g/mol. The number of carbonyl (C=O) groups excluding carboxylic acids is 1. The first-order valence-corrected chi connectivity index (χ1v) is 8.40. The molecule has 0 aromatic heterocycles. The lowest BCUT2D eigenvalue weighted by molar-refractivity contribution is 0.147. The van der Waals surface area contributed by atoms with E-state index in [1.165, 1.54) is 11.0 Å². The van der Waals surface area contributed by atoms with Crippen LogP contribution in [0.3, 0.4) is 0 Å². The minimum absolute atomic E-state index is 0.0655. The highest BCUT2D eigenvalue weighted by molar-refractivity contribution is 7.86. The number of nitrogens with zero attached hydrogens (tertiary/aromatic N) is 1. The average Bonchev–Trinajstić information content (AvgIpc) is 2.96. The zero-order chi connectivity index (χ0) is 16.4. The number of hydrogen-bond donors (Lipinski definition) is 0. The molecule has 1 aliphatic rings. The zero-order valence-electron chi connectivity index (χ0n) is 12.1. The van der Waals surface area contributed by atoms with Crippen LogP contribution in [0.15, 0.2) is 53.4 Å². The fourth-order valence-electron chi connectivity index (χ4n) is 2.60. The molecule has 0 bridgehead atoms. The second-order valence-electron chi connectivity index (χ2n) is 5.14. The molecular weight excluding hydrogens is 321 g/mol. The third kappa shape index (κ3) is 3.19. The van der Waals surface area contributed by atoms with E-state index in [4.69, 9.17) is 4.74 Å². The van der Waals surface area contributed by atoms with Gasteiger partial charge in [0.1, 0.15) is 11.5 Å². The minimum atomic E-state index is -4.91. The van der Waals surface area contributed by atoms with Crippen molar-refractivity contribution < 1.29 is 21.8 Å². The van der Waals surface area contributed by atoms with Gasteiger partial charge in [-0.05, 0) is 23.6 Å². The molecule has 2 aromatic carbocycles. The van der Waals surface area contributed by atoms with E-state index < -0.39 is 21.2 Å². The summed E-state index contributed by atoms with van der Waals surface area (Å²) >= 11 is 0. The van der Waals surface area contributed by atoms with Crippen LogP contribution in [-0.4, -0.2) is 21.1 Å². The Hall–Kier alpha value is -2.41. The SMILES string of the molecule is O=C(OCc1ccccc1)N1CCc2cccc(S(=O)(=O)F)c21. The molecule has 0 N–H and O–H groups in total. The summed E-state index contributed by atoms with van der Waals surface area (Å²) in [6.45, 7) is 0.325. The van der Waals surface area contributed by atoms with Crippen molar-refractivity contribution in [3.05, 3.63) is 59.7 Å². The van der Waals surface area contributed by atoms with Crippen molar-refractivity contribution in [3.63, 3.8) is 0 Å². The molecule has 2 aromatic rings. The van der Waals surface area contributed by atoms with Gasteiger partial charge in [-0.2, -0.15) is 8.42 Å². The molecule has 7 heteroatoms. The van der Waals surface area contributed by atoms with Gasteiger partial charge >= 0.3 is 16.3 Å². The topological polar surface area (TPSA) is 63.7 Å². The Kier molecular flexibility index (Phi) is 4.04. The van der Waals surface area contributed by atoms with Crippen LogP contribution >= 0.6 is 0 Å². The molecule has 1 amide bonds. The molecule has 3 rings (SSSR count). The second kappa shape index (κ2) is 6.00.